The number of hydrogen-bond acceptors (Lipinski definition) is 1. The van der Waals surface area contributed by atoms with Crippen LogP contribution in [0.1, 0.15) is 62.6 Å². The molecular weight excluding hydrogens is 254 g/mol. The molecule has 2 rings (SSSR count). The monoisotopic (exact) mass is 279 g/mol. The fraction of sp³-hybridized carbons (Fsp3) is 0.647. The molecule has 0 bridgehead atoms. The molecule has 1 saturated carbocycles. The second-order valence-electron chi connectivity index (χ2n) is 5.92. The standard InChI is InChI=1S/C17H26ClN/c1-3-10-19-17(12-14-6-4-5-7-14)15-9-8-13(2)11-16(15)18/h8-9,11,14,17,19H,3-7,10,12H2,1-2H3. The lowest BCUT2D eigenvalue weighted by Gasteiger charge is -2.23. The molecule has 0 aliphatic heterocycles. The van der Waals surface area contributed by atoms with Crippen molar-refractivity contribution in [3.63, 3.8) is 0 Å². The first-order chi connectivity index (χ1) is 9.20. The van der Waals surface area contributed by atoms with E-state index in [1.165, 1.54) is 49.7 Å². The van der Waals surface area contributed by atoms with Gasteiger partial charge < -0.3 is 5.32 Å². The van der Waals surface area contributed by atoms with Crippen LogP contribution in [0.2, 0.25) is 5.02 Å². The summed E-state index contributed by atoms with van der Waals surface area (Å²) in [6.07, 6.45) is 8.02. The van der Waals surface area contributed by atoms with Crippen LogP contribution < -0.4 is 5.32 Å². The Kier molecular flexibility index (Phi) is 5.72. The molecule has 1 aliphatic carbocycles. The van der Waals surface area contributed by atoms with Crippen molar-refractivity contribution in [3.05, 3.63) is 34.3 Å². The summed E-state index contributed by atoms with van der Waals surface area (Å²) >= 11 is 6.45. The van der Waals surface area contributed by atoms with E-state index < -0.39 is 0 Å². The summed E-state index contributed by atoms with van der Waals surface area (Å²) in [5, 5.41) is 4.61. The third-order valence-corrected chi connectivity index (χ3v) is 4.54. The van der Waals surface area contributed by atoms with Crippen molar-refractivity contribution >= 4 is 11.6 Å². The van der Waals surface area contributed by atoms with Crippen molar-refractivity contribution in [1.82, 2.24) is 5.32 Å². The molecule has 2 heteroatoms. The van der Waals surface area contributed by atoms with Gasteiger partial charge in [-0.25, -0.2) is 0 Å². The van der Waals surface area contributed by atoms with Crippen LogP contribution in [0.15, 0.2) is 18.2 Å². The third kappa shape index (κ3) is 4.22. The first-order valence-corrected chi connectivity index (χ1v) is 8.08. The lowest BCUT2D eigenvalue weighted by molar-refractivity contribution is 0.395. The van der Waals surface area contributed by atoms with Crippen molar-refractivity contribution in [1.29, 1.82) is 0 Å². The van der Waals surface area contributed by atoms with Crippen LogP contribution >= 0.6 is 11.6 Å². The van der Waals surface area contributed by atoms with Gasteiger partial charge in [0, 0.05) is 11.1 Å². The minimum absolute atomic E-state index is 0.427. The average molecular weight is 280 g/mol. The van der Waals surface area contributed by atoms with Crippen molar-refractivity contribution in [2.75, 3.05) is 6.54 Å². The Bertz CT molecular complexity index is 396. The summed E-state index contributed by atoms with van der Waals surface area (Å²) in [5.41, 5.74) is 2.52. The van der Waals surface area contributed by atoms with Crippen molar-refractivity contribution in [2.45, 2.75) is 58.4 Å². The quantitative estimate of drug-likeness (QED) is 0.748. The molecule has 0 aromatic heterocycles. The van der Waals surface area contributed by atoms with E-state index in [0.29, 0.717) is 6.04 Å². The van der Waals surface area contributed by atoms with E-state index >= 15 is 0 Å². The van der Waals surface area contributed by atoms with Gasteiger partial charge in [0.15, 0.2) is 0 Å². The second kappa shape index (κ2) is 7.31. The van der Waals surface area contributed by atoms with Gasteiger partial charge in [-0.2, -0.15) is 0 Å². The predicted octanol–water partition coefficient (Wildman–Crippen LogP) is 5.27. The van der Waals surface area contributed by atoms with Crippen LogP contribution in [0.5, 0.6) is 0 Å². The lowest BCUT2D eigenvalue weighted by Crippen LogP contribution is -2.24. The number of nitrogens with one attached hydrogen (secondary N) is 1. The zero-order chi connectivity index (χ0) is 13.7. The molecule has 19 heavy (non-hydrogen) atoms. The van der Waals surface area contributed by atoms with E-state index in [0.717, 1.165) is 17.5 Å². The third-order valence-electron chi connectivity index (χ3n) is 4.22. The van der Waals surface area contributed by atoms with Crippen molar-refractivity contribution in [3.8, 4) is 0 Å². The van der Waals surface area contributed by atoms with E-state index in [-0.39, 0.29) is 0 Å². The Morgan fingerprint density at radius 1 is 1.32 bits per heavy atom. The summed E-state index contributed by atoms with van der Waals surface area (Å²) in [4.78, 5) is 0. The highest BCUT2D eigenvalue weighted by Gasteiger charge is 2.22. The number of rotatable bonds is 6. The molecule has 0 saturated heterocycles. The fourth-order valence-corrected chi connectivity index (χ4v) is 3.50. The maximum absolute atomic E-state index is 6.45. The summed E-state index contributed by atoms with van der Waals surface area (Å²) < 4.78 is 0. The Balaban J connectivity index is 2.10. The van der Waals surface area contributed by atoms with Gasteiger partial charge in [-0.05, 0) is 49.4 Å². The maximum atomic E-state index is 6.45. The first kappa shape index (κ1) is 14.9. The first-order valence-electron chi connectivity index (χ1n) is 7.70. The van der Waals surface area contributed by atoms with Crippen LogP contribution in [-0.2, 0) is 0 Å². The zero-order valence-corrected chi connectivity index (χ0v) is 13.0. The van der Waals surface area contributed by atoms with Gasteiger partial charge in [0.25, 0.3) is 0 Å². The molecule has 1 N–H and O–H groups in total. The van der Waals surface area contributed by atoms with Gasteiger partial charge >= 0.3 is 0 Å². The largest absolute Gasteiger partial charge is 0.310 e. The SMILES string of the molecule is CCCNC(CC1CCCC1)c1ccc(C)cc1Cl. The second-order valence-corrected chi connectivity index (χ2v) is 6.33. The number of benzene rings is 1. The van der Waals surface area contributed by atoms with Crippen LogP contribution in [0, 0.1) is 12.8 Å². The minimum Gasteiger partial charge on any atom is -0.310 e. The molecule has 1 aromatic rings. The van der Waals surface area contributed by atoms with Gasteiger partial charge in [0.05, 0.1) is 0 Å². The highest BCUT2D eigenvalue weighted by molar-refractivity contribution is 6.31. The van der Waals surface area contributed by atoms with E-state index in [1.807, 2.05) is 0 Å². The smallest absolute Gasteiger partial charge is 0.0456 e. The Labute approximate surface area is 122 Å². The van der Waals surface area contributed by atoms with Crippen LogP contribution in [0.25, 0.3) is 0 Å². The van der Waals surface area contributed by atoms with Crippen LogP contribution in [0.3, 0.4) is 0 Å². The van der Waals surface area contributed by atoms with Gasteiger partial charge in [0.1, 0.15) is 0 Å². The Morgan fingerprint density at radius 2 is 2.05 bits per heavy atom. The van der Waals surface area contributed by atoms with Crippen molar-refractivity contribution in [2.24, 2.45) is 5.92 Å². The molecule has 0 spiro atoms. The molecule has 1 unspecified atom stereocenters. The highest BCUT2D eigenvalue weighted by atomic mass is 35.5. The Morgan fingerprint density at radius 3 is 2.68 bits per heavy atom. The van der Waals surface area contributed by atoms with Gasteiger partial charge in [-0.1, -0.05) is 56.3 Å². The number of aryl methyl sites for hydroxylation is 1. The summed E-state index contributed by atoms with van der Waals surface area (Å²) in [7, 11) is 0. The van der Waals surface area contributed by atoms with Crippen LogP contribution in [-0.4, -0.2) is 6.54 Å². The molecule has 0 heterocycles. The number of hydrogen-bond donors (Lipinski definition) is 1. The van der Waals surface area contributed by atoms with E-state index in [2.05, 4.69) is 37.4 Å². The van der Waals surface area contributed by atoms with E-state index in [4.69, 9.17) is 11.6 Å². The van der Waals surface area contributed by atoms with Crippen molar-refractivity contribution < 1.29 is 0 Å². The predicted molar refractivity (Wildman–Crippen MR) is 83.8 cm³/mol. The Hall–Kier alpha value is -0.530. The van der Waals surface area contributed by atoms with Gasteiger partial charge in [-0.3, -0.25) is 0 Å². The molecule has 106 valence electrons. The maximum Gasteiger partial charge on any atom is 0.0456 e. The average Bonchev–Trinajstić information content (AvgIpc) is 2.88. The highest BCUT2D eigenvalue weighted by Crippen LogP contribution is 2.35. The fourth-order valence-electron chi connectivity index (χ4n) is 3.13. The molecule has 0 radical (unpaired) electrons. The molecule has 0 amide bonds. The lowest BCUT2D eigenvalue weighted by atomic mass is 9.93. The zero-order valence-electron chi connectivity index (χ0n) is 12.2. The summed E-state index contributed by atoms with van der Waals surface area (Å²) in [5.74, 6) is 0.881. The topological polar surface area (TPSA) is 12.0 Å². The molecule has 1 nitrogen and oxygen atoms in total. The normalized spacial score (nSPS) is 17.8. The van der Waals surface area contributed by atoms with E-state index in [9.17, 15) is 0 Å². The molecule has 1 aliphatic rings. The summed E-state index contributed by atoms with van der Waals surface area (Å²) in [6.45, 7) is 5.39. The van der Waals surface area contributed by atoms with Crippen LogP contribution in [0.4, 0.5) is 0 Å². The molecule has 1 fully saturated rings. The van der Waals surface area contributed by atoms with Gasteiger partial charge in [-0.15, -0.1) is 0 Å². The molecular formula is C17H26ClN. The van der Waals surface area contributed by atoms with E-state index in [1.54, 1.807) is 0 Å². The minimum atomic E-state index is 0.427. The molecule has 1 aromatic carbocycles. The number of halogens is 1. The summed E-state index contributed by atoms with van der Waals surface area (Å²) in [6, 6.07) is 6.90. The van der Waals surface area contributed by atoms with Gasteiger partial charge in [0.2, 0.25) is 0 Å². The molecule has 1 atom stereocenters.